The first-order valence-electron chi connectivity index (χ1n) is 10.5. The molecule has 0 aliphatic heterocycles. The van der Waals surface area contributed by atoms with Crippen LogP contribution in [0.3, 0.4) is 0 Å². The molecule has 2 aromatic heterocycles. The Hall–Kier alpha value is -3.47. The number of hydrogen-bond donors (Lipinski definition) is 1. The second kappa shape index (κ2) is 8.34. The molecule has 0 saturated heterocycles. The van der Waals surface area contributed by atoms with Crippen molar-refractivity contribution in [3.63, 3.8) is 0 Å². The molecule has 2 heterocycles. The number of ether oxygens (including phenoxy) is 1. The lowest BCUT2D eigenvalue weighted by molar-refractivity contribution is -0.0250. The summed E-state index contributed by atoms with van der Waals surface area (Å²) < 4.78 is 7.64. The van der Waals surface area contributed by atoms with E-state index < -0.39 is 5.97 Å². The summed E-state index contributed by atoms with van der Waals surface area (Å²) in [6.45, 7) is 6.46. The number of azo groups is 1. The molecule has 0 radical (unpaired) electrons. The van der Waals surface area contributed by atoms with E-state index in [-0.39, 0.29) is 34.9 Å². The molecule has 3 aromatic rings. The van der Waals surface area contributed by atoms with Crippen LogP contribution < -0.4 is 0 Å². The Morgan fingerprint density at radius 2 is 1.90 bits per heavy atom. The van der Waals surface area contributed by atoms with Gasteiger partial charge in [0.05, 0.1) is 0 Å². The van der Waals surface area contributed by atoms with Crippen molar-refractivity contribution >= 4 is 17.4 Å². The van der Waals surface area contributed by atoms with Crippen LogP contribution >= 0.6 is 0 Å². The lowest BCUT2D eigenvalue weighted by atomic mass is 9.75. The van der Waals surface area contributed by atoms with Crippen LogP contribution in [-0.2, 0) is 4.74 Å². The van der Waals surface area contributed by atoms with Gasteiger partial charge in [0.2, 0.25) is 0 Å². The predicted octanol–water partition coefficient (Wildman–Crippen LogP) is 5.14. The molecule has 0 amide bonds. The minimum atomic E-state index is -0.534. The second-order valence-electron chi connectivity index (χ2n) is 8.48. The number of nitrogens with zero attached hydrogens (tertiary/aromatic N) is 5. The summed E-state index contributed by atoms with van der Waals surface area (Å²) in [7, 11) is 1.52. The number of H-pyrrole nitrogens is 1. The van der Waals surface area contributed by atoms with Crippen molar-refractivity contribution in [3.05, 3.63) is 41.5 Å². The zero-order valence-electron chi connectivity index (χ0n) is 18.2. The summed E-state index contributed by atoms with van der Waals surface area (Å²) >= 11 is 0. The third-order valence-corrected chi connectivity index (χ3v) is 6.08. The van der Waals surface area contributed by atoms with Crippen molar-refractivity contribution in [2.45, 2.75) is 39.7 Å². The van der Waals surface area contributed by atoms with Crippen LogP contribution in [0.1, 0.15) is 49.5 Å². The standard InChI is InChI=1S/C23H26N6O2/c1-13-10-14(2)19(15(3)11-13)31-23(30)18-17(12-24)21(26-25-4)29-20(27-28-22(18)29)16-8-6-5-7-9-16/h5-9,13-15,19,28H,10-11H2,1-4H3/b26-25-. The van der Waals surface area contributed by atoms with Crippen molar-refractivity contribution in [2.75, 3.05) is 7.05 Å². The number of hydrogen-bond acceptors (Lipinski definition) is 6. The minimum Gasteiger partial charge on any atom is -0.458 e. The van der Waals surface area contributed by atoms with E-state index in [1.165, 1.54) is 7.05 Å². The first-order chi connectivity index (χ1) is 15.0. The number of fused-ring (bicyclic) bond motifs is 1. The molecule has 1 fully saturated rings. The van der Waals surface area contributed by atoms with Gasteiger partial charge in [0.1, 0.15) is 23.3 Å². The molecule has 4 rings (SSSR count). The van der Waals surface area contributed by atoms with E-state index >= 15 is 0 Å². The highest BCUT2D eigenvalue weighted by atomic mass is 16.5. The van der Waals surface area contributed by atoms with E-state index in [2.05, 4.69) is 47.3 Å². The molecule has 1 saturated carbocycles. The lowest BCUT2D eigenvalue weighted by Gasteiger charge is -2.37. The summed E-state index contributed by atoms with van der Waals surface area (Å²) in [5, 5.41) is 25.2. The van der Waals surface area contributed by atoms with E-state index in [1.807, 2.05) is 30.3 Å². The summed E-state index contributed by atoms with van der Waals surface area (Å²) in [6.07, 6.45) is 1.82. The summed E-state index contributed by atoms with van der Waals surface area (Å²) in [5.41, 5.74) is 1.49. The average molecular weight is 419 g/mol. The molecule has 1 aliphatic carbocycles. The van der Waals surface area contributed by atoms with Gasteiger partial charge in [0.15, 0.2) is 17.3 Å². The number of carbonyl (C=O) groups excluding carboxylic acids is 1. The number of benzene rings is 1. The molecule has 1 aromatic carbocycles. The van der Waals surface area contributed by atoms with E-state index in [1.54, 1.807) is 4.40 Å². The Kier molecular flexibility index (Phi) is 5.59. The second-order valence-corrected chi connectivity index (χ2v) is 8.48. The summed E-state index contributed by atoms with van der Waals surface area (Å²) in [5.74, 6) is 1.38. The number of rotatable bonds is 4. The smallest absolute Gasteiger partial charge is 0.343 e. The molecular weight excluding hydrogens is 392 g/mol. The van der Waals surface area contributed by atoms with Crippen molar-refractivity contribution in [1.82, 2.24) is 14.6 Å². The van der Waals surface area contributed by atoms with Gasteiger partial charge in [-0.05, 0) is 30.6 Å². The molecule has 1 N–H and O–H groups in total. The Labute approximate surface area is 180 Å². The van der Waals surface area contributed by atoms with Gasteiger partial charge in [-0.1, -0.05) is 51.1 Å². The van der Waals surface area contributed by atoms with E-state index in [9.17, 15) is 10.1 Å². The van der Waals surface area contributed by atoms with E-state index in [0.717, 1.165) is 18.4 Å². The lowest BCUT2D eigenvalue weighted by Crippen LogP contribution is -2.37. The fourth-order valence-corrected chi connectivity index (χ4v) is 4.91. The highest BCUT2D eigenvalue weighted by Crippen LogP contribution is 2.38. The Morgan fingerprint density at radius 1 is 1.23 bits per heavy atom. The summed E-state index contributed by atoms with van der Waals surface area (Å²) in [4.78, 5) is 13.3. The van der Waals surface area contributed by atoms with Crippen LogP contribution in [-0.4, -0.2) is 33.7 Å². The minimum absolute atomic E-state index is 0.130. The predicted molar refractivity (Wildman–Crippen MR) is 116 cm³/mol. The number of aromatic nitrogens is 3. The van der Waals surface area contributed by atoms with Gasteiger partial charge >= 0.3 is 5.97 Å². The van der Waals surface area contributed by atoms with E-state index in [4.69, 9.17) is 4.74 Å². The fraction of sp³-hybridized carbons (Fsp3) is 0.435. The maximum atomic E-state index is 13.3. The highest BCUT2D eigenvalue weighted by Gasteiger charge is 2.36. The van der Waals surface area contributed by atoms with Gasteiger partial charge < -0.3 is 4.74 Å². The Morgan fingerprint density at radius 3 is 2.52 bits per heavy atom. The molecule has 31 heavy (non-hydrogen) atoms. The van der Waals surface area contributed by atoms with Gasteiger partial charge in [0, 0.05) is 12.6 Å². The average Bonchev–Trinajstić information content (AvgIpc) is 3.30. The molecule has 8 heteroatoms. The molecule has 2 atom stereocenters. The summed E-state index contributed by atoms with van der Waals surface area (Å²) in [6, 6.07) is 11.6. The highest BCUT2D eigenvalue weighted by molar-refractivity contribution is 6.02. The number of carbonyl (C=O) groups is 1. The molecule has 0 spiro atoms. The Bertz CT molecular complexity index is 1160. The number of esters is 1. The van der Waals surface area contributed by atoms with Gasteiger partial charge in [-0.25, -0.2) is 4.79 Å². The molecule has 1 aliphatic rings. The SMILES string of the molecule is C/N=N\c1c(C#N)c(C(=O)OC2C(C)CC(C)CC2C)c2[nH]nc(-c3ccccc3)n12. The topological polar surface area (TPSA) is 108 Å². The largest absolute Gasteiger partial charge is 0.458 e. The van der Waals surface area contributed by atoms with Gasteiger partial charge in [-0.3, -0.25) is 9.50 Å². The van der Waals surface area contributed by atoms with Crippen LogP contribution in [0.5, 0.6) is 0 Å². The normalized spacial score (nSPS) is 23.8. The molecular formula is C23H26N6O2. The zero-order chi connectivity index (χ0) is 22.1. The maximum absolute atomic E-state index is 13.3. The van der Waals surface area contributed by atoms with Crippen LogP contribution in [0, 0.1) is 29.1 Å². The van der Waals surface area contributed by atoms with Crippen molar-refractivity contribution < 1.29 is 9.53 Å². The van der Waals surface area contributed by atoms with Crippen molar-refractivity contribution in [3.8, 4) is 17.5 Å². The monoisotopic (exact) mass is 418 g/mol. The Balaban J connectivity index is 1.82. The number of nitrogens with one attached hydrogen (secondary N) is 1. The van der Waals surface area contributed by atoms with E-state index in [0.29, 0.717) is 17.4 Å². The quantitative estimate of drug-likeness (QED) is 0.467. The number of aromatic amines is 1. The van der Waals surface area contributed by atoms with Crippen LogP contribution in [0.2, 0.25) is 0 Å². The van der Waals surface area contributed by atoms with Gasteiger partial charge in [-0.15, -0.1) is 5.11 Å². The molecule has 2 unspecified atom stereocenters. The van der Waals surface area contributed by atoms with Gasteiger partial charge in [-0.2, -0.15) is 15.5 Å². The van der Waals surface area contributed by atoms with Crippen LogP contribution in [0.4, 0.5) is 5.82 Å². The molecule has 160 valence electrons. The maximum Gasteiger partial charge on any atom is 0.343 e. The third kappa shape index (κ3) is 3.61. The zero-order valence-corrected chi connectivity index (χ0v) is 18.2. The number of nitriles is 1. The van der Waals surface area contributed by atoms with Crippen LogP contribution in [0.25, 0.3) is 17.0 Å². The van der Waals surface area contributed by atoms with Gasteiger partial charge in [0.25, 0.3) is 0 Å². The molecule has 8 nitrogen and oxygen atoms in total. The first kappa shape index (κ1) is 20.8. The fourth-order valence-electron chi connectivity index (χ4n) is 4.91. The van der Waals surface area contributed by atoms with Crippen LogP contribution in [0.15, 0.2) is 40.6 Å². The van der Waals surface area contributed by atoms with Crippen molar-refractivity contribution in [1.29, 1.82) is 5.26 Å². The van der Waals surface area contributed by atoms with Crippen molar-refractivity contribution in [2.24, 2.45) is 28.0 Å². The first-order valence-corrected chi connectivity index (χ1v) is 10.5. The molecule has 0 bridgehead atoms. The third-order valence-electron chi connectivity index (χ3n) is 6.08.